The number of nitrogens with zero attached hydrogens (tertiary/aromatic N) is 2. The molecule has 1 aromatic heterocycles. The molecule has 4 nitrogen and oxygen atoms in total. The zero-order valence-corrected chi connectivity index (χ0v) is 11.8. The number of ether oxygens (including phenoxy) is 1. The smallest absolute Gasteiger partial charge is 0.185 e. The topological polar surface area (TPSA) is 51.4 Å². The fraction of sp³-hybridized carbons (Fsp3) is 0.750. The number of aromatic nitrogens is 1. The molecule has 1 heterocycles. The minimum atomic E-state index is 0.590. The van der Waals surface area contributed by atoms with Crippen molar-refractivity contribution in [2.24, 2.45) is 5.73 Å². The SMILES string of the molecule is CCCc1nc(N(C)CCOCC)sc1CN. The van der Waals surface area contributed by atoms with Gasteiger partial charge in [0.1, 0.15) is 0 Å². The summed E-state index contributed by atoms with van der Waals surface area (Å²) in [7, 11) is 2.05. The zero-order valence-electron chi connectivity index (χ0n) is 11.0. The molecule has 0 spiro atoms. The summed E-state index contributed by atoms with van der Waals surface area (Å²) in [5.41, 5.74) is 6.91. The van der Waals surface area contributed by atoms with Gasteiger partial charge in [0.05, 0.1) is 12.3 Å². The summed E-state index contributed by atoms with van der Waals surface area (Å²) in [5.74, 6) is 0. The van der Waals surface area contributed by atoms with Gasteiger partial charge in [0.25, 0.3) is 0 Å². The first-order valence-corrected chi connectivity index (χ1v) is 7.02. The predicted octanol–water partition coefficient (Wildman–Crippen LogP) is 2.03. The number of hydrogen-bond donors (Lipinski definition) is 1. The maximum absolute atomic E-state index is 5.74. The van der Waals surface area contributed by atoms with E-state index in [1.54, 1.807) is 11.3 Å². The number of aryl methyl sites for hydroxylation is 1. The van der Waals surface area contributed by atoms with Crippen molar-refractivity contribution in [2.75, 3.05) is 31.7 Å². The highest BCUT2D eigenvalue weighted by molar-refractivity contribution is 7.15. The highest BCUT2D eigenvalue weighted by Crippen LogP contribution is 2.26. The Morgan fingerprint density at radius 3 is 2.76 bits per heavy atom. The molecular formula is C12H23N3OS. The van der Waals surface area contributed by atoms with Crippen LogP contribution in [0.15, 0.2) is 0 Å². The van der Waals surface area contributed by atoms with Crippen LogP contribution < -0.4 is 10.6 Å². The van der Waals surface area contributed by atoms with E-state index in [2.05, 4.69) is 16.8 Å². The fourth-order valence-electron chi connectivity index (χ4n) is 1.57. The van der Waals surface area contributed by atoms with Gasteiger partial charge >= 0.3 is 0 Å². The summed E-state index contributed by atoms with van der Waals surface area (Å²) in [4.78, 5) is 8.01. The van der Waals surface area contributed by atoms with Gasteiger partial charge in [-0.15, -0.1) is 11.3 Å². The molecule has 5 heteroatoms. The summed E-state index contributed by atoms with van der Waals surface area (Å²) in [6.45, 7) is 7.14. The third-order valence-electron chi connectivity index (χ3n) is 2.54. The third-order valence-corrected chi connectivity index (χ3v) is 3.78. The monoisotopic (exact) mass is 257 g/mol. The van der Waals surface area contributed by atoms with Gasteiger partial charge in [0.15, 0.2) is 5.13 Å². The summed E-state index contributed by atoms with van der Waals surface area (Å²) >= 11 is 1.70. The van der Waals surface area contributed by atoms with Crippen LogP contribution in [0.2, 0.25) is 0 Å². The van der Waals surface area contributed by atoms with E-state index in [1.165, 1.54) is 10.6 Å². The van der Waals surface area contributed by atoms with Crippen molar-refractivity contribution in [3.63, 3.8) is 0 Å². The lowest BCUT2D eigenvalue weighted by molar-refractivity contribution is 0.154. The normalized spacial score (nSPS) is 10.8. The molecule has 0 radical (unpaired) electrons. The lowest BCUT2D eigenvalue weighted by Crippen LogP contribution is -2.22. The number of likely N-dealkylation sites (N-methyl/N-ethyl adjacent to an activating group) is 1. The average Bonchev–Trinajstić information content (AvgIpc) is 2.73. The maximum Gasteiger partial charge on any atom is 0.185 e. The van der Waals surface area contributed by atoms with Gasteiger partial charge in [-0.1, -0.05) is 13.3 Å². The molecule has 0 unspecified atom stereocenters. The van der Waals surface area contributed by atoms with Crippen molar-refractivity contribution in [1.29, 1.82) is 0 Å². The Kier molecular flexibility index (Phi) is 6.47. The van der Waals surface area contributed by atoms with E-state index in [4.69, 9.17) is 10.5 Å². The van der Waals surface area contributed by atoms with Crippen LogP contribution in [0.1, 0.15) is 30.8 Å². The molecule has 98 valence electrons. The second-order valence-electron chi connectivity index (χ2n) is 3.94. The van der Waals surface area contributed by atoms with Crippen LogP contribution in [0.3, 0.4) is 0 Å². The predicted molar refractivity (Wildman–Crippen MR) is 73.8 cm³/mol. The van der Waals surface area contributed by atoms with E-state index < -0.39 is 0 Å². The Hall–Kier alpha value is -0.650. The molecule has 17 heavy (non-hydrogen) atoms. The molecule has 0 aliphatic carbocycles. The molecule has 0 bridgehead atoms. The molecule has 0 fully saturated rings. The van der Waals surface area contributed by atoms with Crippen LogP contribution in [-0.2, 0) is 17.7 Å². The van der Waals surface area contributed by atoms with E-state index >= 15 is 0 Å². The van der Waals surface area contributed by atoms with Crippen LogP contribution in [0, 0.1) is 0 Å². The number of rotatable bonds is 8. The Morgan fingerprint density at radius 1 is 1.41 bits per heavy atom. The molecule has 0 aliphatic heterocycles. The third kappa shape index (κ3) is 4.26. The van der Waals surface area contributed by atoms with Crippen molar-refractivity contribution >= 4 is 16.5 Å². The lowest BCUT2D eigenvalue weighted by Gasteiger charge is -2.15. The van der Waals surface area contributed by atoms with E-state index in [0.29, 0.717) is 6.54 Å². The molecule has 2 N–H and O–H groups in total. The number of hydrogen-bond acceptors (Lipinski definition) is 5. The standard InChI is InChI=1S/C12H23N3OS/c1-4-6-10-11(9-13)17-12(14-10)15(3)7-8-16-5-2/h4-9,13H2,1-3H3. The maximum atomic E-state index is 5.74. The van der Waals surface area contributed by atoms with Gasteiger partial charge in [-0.3, -0.25) is 0 Å². The summed E-state index contributed by atoms with van der Waals surface area (Å²) in [6, 6.07) is 0. The average molecular weight is 257 g/mol. The van der Waals surface area contributed by atoms with Crippen LogP contribution in [0.4, 0.5) is 5.13 Å². The second-order valence-corrected chi connectivity index (χ2v) is 5.00. The van der Waals surface area contributed by atoms with Crippen molar-refractivity contribution in [1.82, 2.24) is 4.98 Å². The lowest BCUT2D eigenvalue weighted by atomic mass is 10.2. The molecule has 0 saturated carbocycles. The first-order chi connectivity index (χ1) is 8.22. The highest BCUT2D eigenvalue weighted by atomic mass is 32.1. The molecule has 0 aliphatic rings. The summed E-state index contributed by atoms with van der Waals surface area (Å²) in [6.07, 6.45) is 2.13. The number of thiazole rings is 1. The first kappa shape index (κ1) is 14.4. The quantitative estimate of drug-likeness (QED) is 0.724. The van der Waals surface area contributed by atoms with Gasteiger partial charge < -0.3 is 15.4 Å². The second kappa shape index (κ2) is 7.63. The number of anilines is 1. The van der Waals surface area contributed by atoms with Crippen LogP contribution >= 0.6 is 11.3 Å². The van der Waals surface area contributed by atoms with Gasteiger partial charge in [0.2, 0.25) is 0 Å². The first-order valence-electron chi connectivity index (χ1n) is 6.20. The van der Waals surface area contributed by atoms with E-state index in [1.807, 2.05) is 14.0 Å². The van der Waals surface area contributed by atoms with Crippen LogP contribution in [-0.4, -0.2) is 31.8 Å². The van der Waals surface area contributed by atoms with Gasteiger partial charge in [-0.2, -0.15) is 0 Å². The fourth-order valence-corrected chi connectivity index (χ4v) is 2.54. The molecular weight excluding hydrogens is 234 g/mol. The van der Waals surface area contributed by atoms with Crippen molar-refractivity contribution in [3.05, 3.63) is 10.6 Å². The Morgan fingerprint density at radius 2 is 2.18 bits per heavy atom. The Labute approximate surface area is 108 Å². The molecule has 0 saturated heterocycles. The van der Waals surface area contributed by atoms with E-state index in [9.17, 15) is 0 Å². The molecule has 0 amide bonds. The molecule has 1 rings (SSSR count). The summed E-state index contributed by atoms with van der Waals surface area (Å²) in [5, 5.41) is 1.05. The molecule has 0 aromatic carbocycles. The van der Waals surface area contributed by atoms with Crippen molar-refractivity contribution < 1.29 is 4.74 Å². The zero-order chi connectivity index (χ0) is 12.7. The minimum Gasteiger partial charge on any atom is -0.380 e. The van der Waals surface area contributed by atoms with Gasteiger partial charge in [-0.25, -0.2) is 4.98 Å². The van der Waals surface area contributed by atoms with E-state index in [-0.39, 0.29) is 0 Å². The van der Waals surface area contributed by atoms with Crippen molar-refractivity contribution in [2.45, 2.75) is 33.2 Å². The highest BCUT2D eigenvalue weighted by Gasteiger charge is 2.12. The van der Waals surface area contributed by atoms with Gasteiger partial charge in [0, 0.05) is 31.6 Å². The number of nitrogens with two attached hydrogens (primary N) is 1. The van der Waals surface area contributed by atoms with Gasteiger partial charge in [-0.05, 0) is 13.3 Å². The van der Waals surface area contributed by atoms with E-state index in [0.717, 1.165) is 37.7 Å². The van der Waals surface area contributed by atoms with Crippen LogP contribution in [0.5, 0.6) is 0 Å². The van der Waals surface area contributed by atoms with Crippen LogP contribution in [0.25, 0.3) is 0 Å². The Balaban J connectivity index is 2.63. The molecule has 1 aromatic rings. The minimum absolute atomic E-state index is 0.590. The van der Waals surface area contributed by atoms with Crippen molar-refractivity contribution in [3.8, 4) is 0 Å². The molecule has 0 atom stereocenters. The Bertz CT molecular complexity index is 328. The largest absolute Gasteiger partial charge is 0.380 e. The summed E-state index contributed by atoms with van der Waals surface area (Å²) < 4.78 is 5.35.